The first kappa shape index (κ1) is 10.8. The fraction of sp³-hybridized carbons (Fsp3) is 0.333. The molecule has 0 amide bonds. The van der Waals surface area contributed by atoms with E-state index >= 15 is 0 Å². The Morgan fingerprint density at radius 2 is 1.93 bits per heavy atom. The van der Waals surface area contributed by atoms with Crippen molar-refractivity contribution in [2.45, 2.75) is 25.8 Å². The molecule has 0 fully saturated rings. The van der Waals surface area contributed by atoms with E-state index in [9.17, 15) is 0 Å². The minimum atomic E-state index is -0.163. The lowest BCUT2D eigenvalue weighted by Gasteiger charge is -2.10. The Hall–Kier alpha value is -0.670. The van der Waals surface area contributed by atoms with Gasteiger partial charge in [0.15, 0.2) is 0 Å². The van der Waals surface area contributed by atoms with E-state index in [0.29, 0.717) is 0 Å². The van der Waals surface area contributed by atoms with Gasteiger partial charge in [-0.3, -0.25) is 4.99 Å². The predicted octanol–water partition coefficient (Wildman–Crippen LogP) is 3.48. The number of benzene rings is 1. The summed E-state index contributed by atoms with van der Waals surface area (Å²) in [7, 11) is 0. The maximum Gasteiger partial charge on any atom is 0.0973 e. The van der Waals surface area contributed by atoms with Crippen LogP contribution >= 0.6 is 24.0 Å². The first-order valence-corrected chi connectivity index (χ1v) is 6.15. The van der Waals surface area contributed by atoms with Crippen LogP contribution in [0.5, 0.6) is 0 Å². The second kappa shape index (κ2) is 4.06. The maximum absolute atomic E-state index is 5.30. The molecule has 0 radical (unpaired) electrons. The molecule has 0 aromatic heterocycles. The van der Waals surface area contributed by atoms with Crippen LogP contribution in [0.4, 0.5) is 0 Å². The number of thiocarbonyl (C=S) groups is 1. The highest BCUT2D eigenvalue weighted by Crippen LogP contribution is 2.31. The summed E-state index contributed by atoms with van der Waals surface area (Å²) in [5.41, 5.74) is 1.13. The van der Waals surface area contributed by atoms with Crippen molar-refractivity contribution in [1.82, 2.24) is 0 Å². The molecule has 0 saturated carbocycles. The maximum atomic E-state index is 5.30. The number of aliphatic imine (C=N–C) groups is 1. The van der Waals surface area contributed by atoms with Crippen molar-refractivity contribution >= 4 is 33.2 Å². The Bertz CT molecular complexity index is 407. The average Bonchev–Trinajstić information content (AvgIpc) is 2.42. The van der Waals surface area contributed by atoms with Crippen molar-refractivity contribution in [2.24, 2.45) is 4.99 Å². The summed E-state index contributed by atoms with van der Waals surface area (Å²) in [5.74, 6) is 0. The lowest BCUT2D eigenvalue weighted by Crippen LogP contribution is -2.20. The van der Waals surface area contributed by atoms with Crippen molar-refractivity contribution < 1.29 is 0 Å². The van der Waals surface area contributed by atoms with Gasteiger partial charge >= 0.3 is 0 Å². The van der Waals surface area contributed by atoms with Gasteiger partial charge in [-0.2, -0.15) is 0 Å². The molecule has 1 aromatic carbocycles. The molecule has 15 heavy (non-hydrogen) atoms. The first-order chi connectivity index (χ1) is 7.08. The molecule has 0 atom stereocenters. The Labute approximate surface area is 100.0 Å². The van der Waals surface area contributed by atoms with Crippen molar-refractivity contribution in [1.29, 1.82) is 0 Å². The summed E-state index contributed by atoms with van der Waals surface area (Å²) < 4.78 is 0.980. The molecule has 0 unspecified atom stereocenters. The van der Waals surface area contributed by atoms with Gasteiger partial charge in [-0.15, -0.1) is 0 Å². The van der Waals surface area contributed by atoms with E-state index in [1.165, 1.54) is 5.56 Å². The lowest BCUT2D eigenvalue weighted by molar-refractivity contribution is 0.727. The van der Waals surface area contributed by atoms with Gasteiger partial charge in [0.25, 0.3) is 0 Å². The molecule has 0 spiro atoms. The van der Waals surface area contributed by atoms with Crippen molar-refractivity contribution in [3.05, 3.63) is 35.9 Å². The predicted molar refractivity (Wildman–Crippen MR) is 71.8 cm³/mol. The summed E-state index contributed by atoms with van der Waals surface area (Å²) >= 11 is 6.95. The summed E-state index contributed by atoms with van der Waals surface area (Å²) in [6.07, 6.45) is 0.898. The van der Waals surface area contributed by atoms with Crippen LogP contribution in [-0.2, 0) is 6.42 Å². The Morgan fingerprint density at radius 1 is 1.27 bits per heavy atom. The average molecular weight is 235 g/mol. The molecule has 2 rings (SSSR count). The standard InChI is InChI=1S/C12H13NS2/c1-12(2)11(14)15-10(13-12)8-9-6-4-3-5-7-9/h3-7H,8H2,1-2H3. The molecule has 78 valence electrons. The van der Waals surface area contributed by atoms with E-state index < -0.39 is 0 Å². The highest BCUT2D eigenvalue weighted by molar-refractivity contribution is 8.33. The smallest absolute Gasteiger partial charge is 0.0973 e. The monoisotopic (exact) mass is 235 g/mol. The number of hydrogen-bond acceptors (Lipinski definition) is 3. The van der Waals surface area contributed by atoms with E-state index in [0.717, 1.165) is 15.7 Å². The summed E-state index contributed by atoms with van der Waals surface area (Å²) in [6.45, 7) is 4.14. The zero-order valence-electron chi connectivity index (χ0n) is 8.86. The van der Waals surface area contributed by atoms with Gasteiger partial charge < -0.3 is 0 Å². The SMILES string of the molecule is CC1(C)N=C(Cc2ccccc2)SC1=S. The molecule has 1 aliphatic heterocycles. The zero-order valence-corrected chi connectivity index (χ0v) is 10.5. The molecular weight excluding hydrogens is 222 g/mol. The van der Waals surface area contributed by atoms with Gasteiger partial charge in [-0.1, -0.05) is 54.3 Å². The van der Waals surface area contributed by atoms with Crippen molar-refractivity contribution in [3.8, 4) is 0 Å². The van der Waals surface area contributed by atoms with Crippen molar-refractivity contribution in [3.63, 3.8) is 0 Å². The summed E-state index contributed by atoms with van der Waals surface area (Å²) in [4.78, 5) is 4.64. The van der Waals surface area contributed by atoms with Gasteiger partial charge in [0.2, 0.25) is 0 Å². The fourth-order valence-corrected chi connectivity index (χ4v) is 2.81. The molecule has 1 nitrogen and oxygen atoms in total. The topological polar surface area (TPSA) is 12.4 Å². The lowest BCUT2D eigenvalue weighted by atomic mass is 10.1. The van der Waals surface area contributed by atoms with E-state index in [1.54, 1.807) is 11.8 Å². The Morgan fingerprint density at radius 3 is 2.47 bits per heavy atom. The minimum absolute atomic E-state index is 0.163. The van der Waals surface area contributed by atoms with Crippen LogP contribution in [-0.4, -0.2) is 14.8 Å². The third-order valence-electron chi connectivity index (χ3n) is 2.31. The Balaban J connectivity index is 2.13. The van der Waals surface area contributed by atoms with Gasteiger partial charge in [-0.05, 0) is 19.4 Å². The second-order valence-electron chi connectivity index (χ2n) is 4.12. The number of nitrogens with zero attached hydrogens (tertiary/aromatic N) is 1. The largest absolute Gasteiger partial charge is 0.270 e. The van der Waals surface area contributed by atoms with Crippen LogP contribution in [0.25, 0.3) is 0 Å². The van der Waals surface area contributed by atoms with E-state index in [1.807, 2.05) is 6.07 Å². The molecule has 1 heterocycles. The van der Waals surface area contributed by atoms with E-state index in [2.05, 4.69) is 43.1 Å². The third kappa shape index (κ3) is 2.47. The second-order valence-corrected chi connectivity index (χ2v) is 5.87. The molecule has 0 aliphatic carbocycles. The number of thioether (sulfide) groups is 1. The molecule has 0 saturated heterocycles. The normalized spacial score (nSPS) is 19.1. The van der Waals surface area contributed by atoms with E-state index in [-0.39, 0.29) is 5.54 Å². The van der Waals surface area contributed by atoms with Crippen LogP contribution in [0, 0.1) is 0 Å². The first-order valence-electron chi connectivity index (χ1n) is 4.93. The van der Waals surface area contributed by atoms with Gasteiger partial charge in [0.05, 0.1) is 14.8 Å². The quantitative estimate of drug-likeness (QED) is 0.728. The minimum Gasteiger partial charge on any atom is -0.270 e. The number of hydrogen-bond donors (Lipinski definition) is 0. The van der Waals surface area contributed by atoms with Crippen LogP contribution in [0.3, 0.4) is 0 Å². The summed E-state index contributed by atoms with van der Waals surface area (Å²) in [5, 5.41) is 1.14. The van der Waals surface area contributed by atoms with Crippen molar-refractivity contribution in [2.75, 3.05) is 0 Å². The summed E-state index contributed by atoms with van der Waals surface area (Å²) in [6, 6.07) is 10.4. The molecular formula is C12H13NS2. The molecule has 3 heteroatoms. The fourth-order valence-electron chi connectivity index (χ4n) is 1.46. The van der Waals surface area contributed by atoms with Crippen LogP contribution < -0.4 is 0 Å². The molecule has 0 N–H and O–H groups in total. The van der Waals surface area contributed by atoms with Crippen LogP contribution in [0.2, 0.25) is 0 Å². The highest BCUT2D eigenvalue weighted by atomic mass is 32.2. The van der Waals surface area contributed by atoms with Gasteiger partial charge in [0.1, 0.15) is 0 Å². The van der Waals surface area contributed by atoms with Crippen LogP contribution in [0.1, 0.15) is 19.4 Å². The van der Waals surface area contributed by atoms with Gasteiger partial charge in [-0.25, -0.2) is 0 Å². The van der Waals surface area contributed by atoms with Gasteiger partial charge in [0, 0.05) is 6.42 Å². The molecule has 1 aromatic rings. The Kier molecular flexibility index (Phi) is 2.94. The number of rotatable bonds is 2. The molecule has 1 aliphatic rings. The molecule has 0 bridgehead atoms. The van der Waals surface area contributed by atoms with E-state index in [4.69, 9.17) is 12.2 Å². The highest BCUT2D eigenvalue weighted by Gasteiger charge is 2.31. The van der Waals surface area contributed by atoms with Crippen LogP contribution in [0.15, 0.2) is 35.3 Å². The zero-order chi connectivity index (χ0) is 10.9. The third-order valence-corrected chi connectivity index (χ3v) is 4.22.